The van der Waals surface area contributed by atoms with Crippen LogP contribution in [0.25, 0.3) is 5.78 Å². The van der Waals surface area contributed by atoms with Gasteiger partial charge in [0.25, 0.3) is 5.78 Å². The minimum Gasteiger partial charge on any atom is -0.340 e. The summed E-state index contributed by atoms with van der Waals surface area (Å²) in [6, 6.07) is 17.8. The second-order valence-corrected chi connectivity index (χ2v) is 6.72. The fraction of sp³-hybridized carbons (Fsp3) is 0.0952. The van der Waals surface area contributed by atoms with Crippen LogP contribution in [0.5, 0.6) is 0 Å². The van der Waals surface area contributed by atoms with Gasteiger partial charge in [0, 0.05) is 30.2 Å². The number of para-hydroxylation sites is 1. The Morgan fingerprint density at radius 1 is 0.935 bits per heavy atom. The van der Waals surface area contributed by atoms with Gasteiger partial charge in [0.2, 0.25) is 11.8 Å². The Balaban J connectivity index is 1.49. The zero-order valence-corrected chi connectivity index (χ0v) is 16.6. The van der Waals surface area contributed by atoms with Gasteiger partial charge in [0.15, 0.2) is 0 Å². The van der Waals surface area contributed by atoms with Crippen molar-refractivity contribution in [3.05, 3.63) is 77.3 Å². The monoisotopic (exact) mass is 417 g/mol. The van der Waals surface area contributed by atoms with Crippen LogP contribution in [-0.2, 0) is 16.1 Å². The summed E-state index contributed by atoms with van der Waals surface area (Å²) in [6.45, 7) is 1.11. The number of benzene rings is 2. The van der Waals surface area contributed by atoms with Gasteiger partial charge in [0.1, 0.15) is 12.4 Å². The number of hydrogen-bond donors (Lipinski definition) is 3. The molecule has 0 saturated carbocycles. The molecule has 0 atom stereocenters. The van der Waals surface area contributed by atoms with Crippen LogP contribution in [0.15, 0.2) is 71.7 Å². The molecule has 2 heterocycles. The molecule has 0 saturated heterocycles. The number of amides is 2. The molecule has 0 radical (unpaired) electrons. The number of nitrogens with one attached hydrogen (secondary N) is 3. The third-order valence-corrected chi connectivity index (χ3v) is 4.26. The van der Waals surface area contributed by atoms with Crippen molar-refractivity contribution in [2.24, 2.45) is 0 Å². The van der Waals surface area contributed by atoms with Gasteiger partial charge < -0.3 is 16.0 Å². The van der Waals surface area contributed by atoms with Crippen LogP contribution in [0, 0.1) is 0 Å². The molecule has 0 bridgehead atoms. The van der Waals surface area contributed by atoms with Crippen LogP contribution in [0.2, 0.25) is 0 Å². The summed E-state index contributed by atoms with van der Waals surface area (Å²) < 4.78 is 2.31. The maximum atomic E-state index is 12.5. The predicted molar refractivity (Wildman–Crippen MR) is 116 cm³/mol. The van der Waals surface area contributed by atoms with Crippen molar-refractivity contribution in [3.8, 4) is 0 Å². The summed E-state index contributed by atoms with van der Waals surface area (Å²) >= 11 is 0. The van der Waals surface area contributed by atoms with E-state index in [4.69, 9.17) is 0 Å². The molecule has 10 nitrogen and oxygen atoms in total. The molecule has 0 spiro atoms. The van der Waals surface area contributed by atoms with E-state index in [1.165, 1.54) is 11.3 Å². The van der Waals surface area contributed by atoms with E-state index >= 15 is 0 Å². The Morgan fingerprint density at radius 3 is 2.39 bits per heavy atom. The highest BCUT2D eigenvalue weighted by Crippen LogP contribution is 2.15. The smallest absolute Gasteiger partial charge is 0.340 e. The van der Waals surface area contributed by atoms with Gasteiger partial charge in [-0.2, -0.15) is 4.98 Å². The Hall–Kier alpha value is -4.47. The molecule has 4 rings (SSSR count). The maximum Gasteiger partial charge on any atom is 0.352 e. The molecule has 156 valence electrons. The first kappa shape index (κ1) is 19.8. The topological polar surface area (TPSA) is 122 Å². The largest absolute Gasteiger partial charge is 0.352 e. The summed E-state index contributed by atoms with van der Waals surface area (Å²) in [5.74, 6) is 0.0444. The highest BCUT2D eigenvalue weighted by molar-refractivity contribution is 5.93. The SMILES string of the molecule is CC(=O)Nc1cccc(NC(=O)Cn2nc3nc(Nc4ccccc4)ccn3c2=O)c1. The molecular weight excluding hydrogens is 398 g/mol. The number of anilines is 4. The third kappa shape index (κ3) is 4.75. The summed E-state index contributed by atoms with van der Waals surface area (Å²) in [5.41, 5.74) is 1.41. The van der Waals surface area contributed by atoms with Gasteiger partial charge >= 0.3 is 5.69 Å². The number of carbonyl (C=O) groups is 2. The first-order valence-corrected chi connectivity index (χ1v) is 9.44. The van der Waals surface area contributed by atoms with Crippen LogP contribution in [-0.4, -0.2) is 31.0 Å². The van der Waals surface area contributed by atoms with Crippen molar-refractivity contribution in [1.29, 1.82) is 0 Å². The molecule has 2 amide bonds. The predicted octanol–water partition coefficient (Wildman–Crippen LogP) is 2.23. The molecule has 3 N–H and O–H groups in total. The quantitative estimate of drug-likeness (QED) is 0.442. The van der Waals surface area contributed by atoms with E-state index in [2.05, 4.69) is 26.0 Å². The van der Waals surface area contributed by atoms with Crippen molar-refractivity contribution in [3.63, 3.8) is 0 Å². The van der Waals surface area contributed by atoms with E-state index in [9.17, 15) is 14.4 Å². The van der Waals surface area contributed by atoms with Crippen molar-refractivity contribution < 1.29 is 9.59 Å². The second-order valence-electron chi connectivity index (χ2n) is 6.72. The number of carbonyl (C=O) groups excluding carboxylic acids is 2. The van der Waals surface area contributed by atoms with Gasteiger partial charge in [-0.3, -0.25) is 9.59 Å². The van der Waals surface area contributed by atoms with E-state index in [1.54, 1.807) is 36.5 Å². The zero-order valence-electron chi connectivity index (χ0n) is 16.6. The summed E-state index contributed by atoms with van der Waals surface area (Å²) in [5, 5.41) is 12.6. The molecule has 0 fully saturated rings. The van der Waals surface area contributed by atoms with Crippen molar-refractivity contribution in [2.75, 3.05) is 16.0 Å². The van der Waals surface area contributed by atoms with Crippen LogP contribution in [0.4, 0.5) is 22.9 Å². The molecule has 4 aromatic rings. The van der Waals surface area contributed by atoms with Crippen molar-refractivity contribution in [1.82, 2.24) is 19.2 Å². The van der Waals surface area contributed by atoms with Crippen molar-refractivity contribution in [2.45, 2.75) is 13.5 Å². The van der Waals surface area contributed by atoms with E-state index in [-0.39, 0.29) is 18.2 Å². The molecule has 0 aliphatic heterocycles. The number of fused-ring (bicyclic) bond motifs is 1. The Bertz CT molecular complexity index is 1310. The lowest BCUT2D eigenvalue weighted by molar-refractivity contribution is -0.117. The lowest BCUT2D eigenvalue weighted by atomic mass is 10.2. The van der Waals surface area contributed by atoms with E-state index in [0.29, 0.717) is 17.2 Å². The standard InChI is InChI=1S/C21H19N7O3/c1-14(29)22-16-8-5-9-17(12-16)24-19(30)13-28-21(31)27-11-10-18(25-20(27)26-28)23-15-6-3-2-4-7-15/h2-12H,13H2,1H3,(H,22,29)(H,24,30)(H,23,25,26). The van der Waals surface area contributed by atoms with Crippen LogP contribution < -0.4 is 21.6 Å². The van der Waals surface area contributed by atoms with Crippen LogP contribution in [0.3, 0.4) is 0 Å². The van der Waals surface area contributed by atoms with E-state index < -0.39 is 11.6 Å². The van der Waals surface area contributed by atoms with Crippen molar-refractivity contribution >= 4 is 40.5 Å². The van der Waals surface area contributed by atoms with E-state index in [1.807, 2.05) is 30.3 Å². The highest BCUT2D eigenvalue weighted by Gasteiger charge is 2.13. The lowest BCUT2D eigenvalue weighted by Gasteiger charge is -2.07. The van der Waals surface area contributed by atoms with E-state index in [0.717, 1.165) is 10.4 Å². The average Bonchev–Trinajstić information content (AvgIpc) is 3.03. The van der Waals surface area contributed by atoms with Crippen LogP contribution in [0.1, 0.15) is 6.92 Å². The Kier molecular flexibility index (Phi) is 5.43. The molecule has 0 aliphatic carbocycles. The Labute approximate surface area is 176 Å². The molecule has 10 heteroatoms. The summed E-state index contributed by atoms with van der Waals surface area (Å²) in [7, 11) is 0. The third-order valence-electron chi connectivity index (χ3n) is 4.26. The normalized spacial score (nSPS) is 10.6. The fourth-order valence-corrected chi connectivity index (χ4v) is 2.96. The summed E-state index contributed by atoms with van der Waals surface area (Å²) in [6.07, 6.45) is 1.55. The minimum absolute atomic E-state index is 0.173. The lowest BCUT2D eigenvalue weighted by Crippen LogP contribution is -2.28. The molecular formula is C21H19N7O3. The molecule has 2 aromatic carbocycles. The first-order chi connectivity index (χ1) is 15.0. The maximum absolute atomic E-state index is 12.5. The van der Waals surface area contributed by atoms with Gasteiger partial charge in [-0.25, -0.2) is 13.9 Å². The number of hydrogen-bond acceptors (Lipinski definition) is 6. The van der Waals surface area contributed by atoms with Gasteiger partial charge in [-0.05, 0) is 36.4 Å². The molecule has 0 aliphatic rings. The molecule has 2 aromatic heterocycles. The Morgan fingerprint density at radius 2 is 1.65 bits per heavy atom. The van der Waals surface area contributed by atoms with Crippen LogP contribution >= 0.6 is 0 Å². The zero-order chi connectivity index (χ0) is 21.8. The van der Waals surface area contributed by atoms with Gasteiger partial charge in [-0.15, -0.1) is 5.10 Å². The fourth-order valence-electron chi connectivity index (χ4n) is 2.96. The number of nitrogens with zero attached hydrogens (tertiary/aromatic N) is 4. The van der Waals surface area contributed by atoms with Gasteiger partial charge in [0.05, 0.1) is 0 Å². The number of aromatic nitrogens is 4. The second kappa shape index (κ2) is 8.49. The minimum atomic E-state index is -0.476. The summed E-state index contributed by atoms with van der Waals surface area (Å²) in [4.78, 5) is 40.5. The number of rotatable bonds is 6. The highest BCUT2D eigenvalue weighted by atomic mass is 16.2. The molecule has 31 heavy (non-hydrogen) atoms. The first-order valence-electron chi connectivity index (χ1n) is 9.44. The molecule has 0 unspecified atom stereocenters. The van der Waals surface area contributed by atoms with Gasteiger partial charge in [-0.1, -0.05) is 24.3 Å². The average molecular weight is 417 g/mol.